The van der Waals surface area contributed by atoms with Crippen LogP contribution < -0.4 is 15.8 Å². The number of nitrogens with two attached hydrogens (primary N) is 1. The molecule has 0 spiro atoms. The third-order valence-electron chi connectivity index (χ3n) is 3.68. The lowest BCUT2D eigenvalue weighted by Crippen LogP contribution is -2.25. The van der Waals surface area contributed by atoms with Crippen molar-refractivity contribution in [3.05, 3.63) is 58.6 Å². The van der Waals surface area contributed by atoms with E-state index in [1.54, 1.807) is 6.07 Å². The first-order chi connectivity index (χ1) is 12.1. The molecule has 0 fully saturated rings. The van der Waals surface area contributed by atoms with Crippen LogP contribution in [0.5, 0.6) is 5.75 Å². The molecule has 0 saturated carbocycles. The van der Waals surface area contributed by atoms with E-state index in [1.165, 1.54) is 13.2 Å². The summed E-state index contributed by atoms with van der Waals surface area (Å²) in [4.78, 5) is 12.2. The van der Waals surface area contributed by atoms with Gasteiger partial charge in [0.05, 0.1) is 30.0 Å². The smallest absolute Gasteiger partial charge is 0.255 e. The molecule has 3 N–H and O–H groups in total. The third-order valence-corrected chi connectivity index (χ3v) is 4.00. The maximum Gasteiger partial charge on any atom is 0.255 e. The number of methoxy groups -OCH3 is 1. The lowest BCUT2D eigenvalue weighted by atomic mass is 10.1. The molecule has 0 bridgehead atoms. The first kappa shape index (κ1) is 19.1. The van der Waals surface area contributed by atoms with Gasteiger partial charge in [0.2, 0.25) is 0 Å². The van der Waals surface area contributed by atoms with Gasteiger partial charge in [-0.1, -0.05) is 41.9 Å². The molecule has 0 aromatic heterocycles. The van der Waals surface area contributed by atoms with Crippen LogP contribution in [0.2, 0.25) is 5.02 Å². The molecular formula is C19H23ClN2O3. The summed E-state index contributed by atoms with van der Waals surface area (Å²) in [6, 6.07) is 13.1. The molecule has 2 aromatic rings. The predicted octanol–water partition coefficient (Wildman–Crippen LogP) is 3.66. The standard InChI is InChI=1S/C19H23ClN2O3/c1-24-18-12-17(21)16(20)11-15(18)19(23)22-9-5-6-10-25-13-14-7-3-2-4-8-14/h2-4,7-8,11-12H,5-6,9-10,13,21H2,1H3,(H,22,23). The minimum Gasteiger partial charge on any atom is -0.496 e. The average Bonchev–Trinajstić information content (AvgIpc) is 2.63. The van der Waals surface area contributed by atoms with Gasteiger partial charge in [0, 0.05) is 19.2 Å². The maximum atomic E-state index is 12.2. The van der Waals surface area contributed by atoms with Gasteiger partial charge in [0.25, 0.3) is 5.91 Å². The summed E-state index contributed by atoms with van der Waals surface area (Å²) in [5.41, 5.74) is 7.63. The molecule has 134 valence electrons. The normalized spacial score (nSPS) is 10.5. The molecule has 0 atom stereocenters. The van der Waals surface area contributed by atoms with Gasteiger partial charge in [-0.25, -0.2) is 0 Å². The second-order valence-corrected chi connectivity index (χ2v) is 5.98. The fourth-order valence-electron chi connectivity index (χ4n) is 2.31. The highest BCUT2D eigenvalue weighted by atomic mass is 35.5. The molecule has 2 aromatic carbocycles. The number of halogens is 1. The lowest BCUT2D eigenvalue weighted by Gasteiger charge is -2.11. The van der Waals surface area contributed by atoms with Crippen LogP contribution in [0.1, 0.15) is 28.8 Å². The summed E-state index contributed by atoms with van der Waals surface area (Å²) in [5, 5.41) is 3.19. The van der Waals surface area contributed by atoms with E-state index < -0.39 is 0 Å². The summed E-state index contributed by atoms with van der Waals surface area (Å²) < 4.78 is 10.8. The number of nitrogens with one attached hydrogen (secondary N) is 1. The Kier molecular flexibility index (Phi) is 7.57. The Labute approximate surface area is 153 Å². The van der Waals surface area contributed by atoms with E-state index in [0.29, 0.717) is 41.8 Å². The van der Waals surface area contributed by atoms with Gasteiger partial charge >= 0.3 is 0 Å². The summed E-state index contributed by atoms with van der Waals surface area (Å²) in [6.45, 7) is 1.81. The van der Waals surface area contributed by atoms with Gasteiger partial charge in [0.1, 0.15) is 5.75 Å². The average molecular weight is 363 g/mol. The number of benzene rings is 2. The summed E-state index contributed by atoms with van der Waals surface area (Å²) in [7, 11) is 1.49. The molecule has 0 saturated heterocycles. The van der Waals surface area contributed by atoms with Crippen molar-refractivity contribution in [3.8, 4) is 5.75 Å². The first-order valence-electron chi connectivity index (χ1n) is 8.14. The van der Waals surface area contributed by atoms with E-state index in [4.69, 9.17) is 26.8 Å². The number of amides is 1. The van der Waals surface area contributed by atoms with E-state index in [2.05, 4.69) is 5.32 Å². The monoisotopic (exact) mass is 362 g/mol. The molecule has 25 heavy (non-hydrogen) atoms. The molecule has 6 heteroatoms. The number of anilines is 1. The van der Waals surface area contributed by atoms with E-state index in [1.807, 2.05) is 30.3 Å². The minimum absolute atomic E-state index is 0.232. The Bertz CT molecular complexity index is 693. The highest BCUT2D eigenvalue weighted by Crippen LogP contribution is 2.28. The number of hydrogen-bond donors (Lipinski definition) is 2. The number of carbonyl (C=O) groups is 1. The zero-order valence-electron chi connectivity index (χ0n) is 14.3. The van der Waals surface area contributed by atoms with Crippen molar-refractivity contribution >= 4 is 23.2 Å². The summed E-state index contributed by atoms with van der Waals surface area (Å²) in [5.74, 6) is 0.176. The first-order valence-corrected chi connectivity index (χ1v) is 8.52. The van der Waals surface area contributed by atoms with Gasteiger partial charge in [-0.2, -0.15) is 0 Å². The topological polar surface area (TPSA) is 73.6 Å². The van der Waals surface area contributed by atoms with Gasteiger partial charge in [0.15, 0.2) is 0 Å². The van der Waals surface area contributed by atoms with Gasteiger partial charge in [-0.15, -0.1) is 0 Å². The van der Waals surface area contributed by atoms with Gasteiger partial charge in [-0.3, -0.25) is 4.79 Å². The molecule has 1 amide bonds. The molecule has 0 radical (unpaired) electrons. The quantitative estimate of drug-likeness (QED) is 0.527. The number of unbranched alkanes of at least 4 members (excludes halogenated alkanes) is 1. The molecule has 0 unspecified atom stereocenters. The van der Waals surface area contributed by atoms with Crippen LogP contribution in [0.3, 0.4) is 0 Å². The Morgan fingerprint density at radius 3 is 2.68 bits per heavy atom. The Hall–Kier alpha value is -2.24. The van der Waals surface area contributed by atoms with Gasteiger partial charge in [-0.05, 0) is 24.5 Å². The zero-order chi connectivity index (χ0) is 18.1. The summed E-state index contributed by atoms with van der Waals surface area (Å²) in [6.07, 6.45) is 1.69. The molecule has 2 rings (SSSR count). The number of ether oxygens (including phenoxy) is 2. The lowest BCUT2D eigenvalue weighted by molar-refractivity contribution is 0.0943. The Morgan fingerprint density at radius 2 is 1.96 bits per heavy atom. The number of carbonyl (C=O) groups excluding carboxylic acids is 1. The zero-order valence-corrected chi connectivity index (χ0v) is 15.0. The van der Waals surface area contributed by atoms with Crippen LogP contribution in [0.4, 0.5) is 5.69 Å². The third kappa shape index (κ3) is 5.96. The number of hydrogen-bond acceptors (Lipinski definition) is 4. The molecule has 0 aliphatic rings. The van der Waals surface area contributed by atoms with E-state index in [9.17, 15) is 4.79 Å². The number of nitrogen functional groups attached to an aromatic ring is 1. The van der Waals surface area contributed by atoms with E-state index in [-0.39, 0.29) is 5.91 Å². The maximum absolute atomic E-state index is 12.2. The van der Waals surface area contributed by atoms with Crippen LogP contribution in [-0.2, 0) is 11.3 Å². The van der Waals surface area contributed by atoms with Crippen LogP contribution in [0.15, 0.2) is 42.5 Å². The van der Waals surface area contributed by atoms with Crippen LogP contribution in [0.25, 0.3) is 0 Å². The fraction of sp³-hybridized carbons (Fsp3) is 0.316. The SMILES string of the molecule is COc1cc(N)c(Cl)cc1C(=O)NCCCCOCc1ccccc1. The highest BCUT2D eigenvalue weighted by Gasteiger charge is 2.14. The molecular weight excluding hydrogens is 340 g/mol. The minimum atomic E-state index is -0.232. The second kappa shape index (κ2) is 9.91. The Balaban J connectivity index is 1.68. The van der Waals surface area contributed by atoms with Crippen molar-refractivity contribution in [2.24, 2.45) is 0 Å². The van der Waals surface area contributed by atoms with Crippen molar-refractivity contribution in [1.82, 2.24) is 5.32 Å². The number of rotatable bonds is 9. The van der Waals surface area contributed by atoms with Crippen molar-refractivity contribution in [2.45, 2.75) is 19.4 Å². The fourth-order valence-corrected chi connectivity index (χ4v) is 2.47. The van der Waals surface area contributed by atoms with Crippen LogP contribution in [0, 0.1) is 0 Å². The molecule has 0 heterocycles. The van der Waals surface area contributed by atoms with Crippen molar-refractivity contribution in [3.63, 3.8) is 0 Å². The van der Waals surface area contributed by atoms with Crippen molar-refractivity contribution in [2.75, 3.05) is 26.0 Å². The van der Waals surface area contributed by atoms with Crippen LogP contribution >= 0.6 is 11.6 Å². The molecule has 0 aliphatic heterocycles. The largest absolute Gasteiger partial charge is 0.496 e. The highest BCUT2D eigenvalue weighted by molar-refractivity contribution is 6.33. The van der Waals surface area contributed by atoms with Crippen molar-refractivity contribution < 1.29 is 14.3 Å². The molecule has 0 aliphatic carbocycles. The van der Waals surface area contributed by atoms with Crippen molar-refractivity contribution in [1.29, 1.82) is 0 Å². The Morgan fingerprint density at radius 1 is 1.20 bits per heavy atom. The summed E-state index contributed by atoms with van der Waals surface area (Å²) >= 11 is 5.98. The second-order valence-electron chi connectivity index (χ2n) is 5.58. The molecule has 5 nitrogen and oxygen atoms in total. The van der Waals surface area contributed by atoms with Gasteiger partial charge < -0.3 is 20.5 Å². The van der Waals surface area contributed by atoms with Crippen LogP contribution in [-0.4, -0.2) is 26.2 Å². The van der Waals surface area contributed by atoms with E-state index in [0.717, 1.165) is 18.4 Å². The van der Waals surface area contributed by atoms with E-state index >= 15 is 0 Å². The predicted molar refractivity (Wildman–Crippen MR) is 100 cm³/mol.